The molecule has 1 atom stereocenters. The van der Waals surface area contributed by atoms with E-state index in [1.807, 2.05) is 78.2 Å². The molecule has 3 rings (SSSR count). The van der Waals surface area contributed by atoms with Crippen LogP contribution in [0.4, 0.5) is 0 Å². The first-order valence-corrected chi connectivity index (χ1v) is 11.2. The van der Waals surface area contributed by atoms with E-state index in [1.54, 1.807) is 5.48 Å². The minimum atomic E-state index is -0.324. The second-order valence-corrected chi connectivity index (χ2v) is 7.07. The lowest BCUT2D eigenvalue weighted by Crippen LogP contribution is -2.31. The Morgan fingerprint density at radius 2 is 1.71 bits per heavy atom. The molecule has 0 saturated carbocycles. The van der Waals surface area contributed by atoms with Gasteiger partial charge in [-0.15, -0.1) is 0 Å². The molecule has 2 aromatic carbocycles. The molecule has 0 heterocycles. The van der Waals surface area contributed by atoms with E-state index in [9.17, 15) is 4.79 Å². The summed E-state index contributed by atoms with van der Waals surface area (Å²) in [5.41, 5.74) is 4.08. The summed E-state index contributed by atoms with van der Waals surface area (Å²) in [6.45, 7) is 9.46. The van der Waals surface area contributed by atoms with E-state index < -0.39 is 0 Å². The molecule has 31 heavy (non-hydrogen) atoms. The molecule has 0 bridgehead atoms. The van der Waals surface area contributed by atoms with Gasteiger partial charge < -0.3 is 14.4 Å². The lowest BCUT2D eigenvalue weighted by atomic mass is 9.83. The number of rotatable bonds is 7. The maximum Gasteiger partial charge on any atom is 0.246 e. The standard InChI is InChI=1S/C21H26N2O4.2C2H6/c1-23(2)10-11-26-18-4-3-5-19(14-18)27-20-9-8-15-6-7-16(21(24)22-25)12-17(15)13-20;2*1-2/h3-5,8-9,13-14,16,25H,6-7,10-12H2,1-2H3,(H,22,24);2*1-2H3. The van der Waals surface area contributed by atoms with Gasteiger partial charge in [-0.2, -0.15) is 0 Å². The maximum atomic E-state index is 11.7. The molecule has 1 aliphatic carbocycles. The molecule has 0 radical (unpaired) electrons. The molecule has 2 N–H and O–H groups in total. The van der Waals surface area contributed by atoms with Crippen LogP contribution in [0.5, 0.6) is 17.2 Å². The number of aryl methyl sites for hydroxylation is 1. The van der Waals surface area contributed by atoms with E-state index in [0.29, 0.717) is 18.8 Å². The Balaban J connectivity index is 0.00000113. The summed E-state index contributed by atoms with van der Waals surface area (Å²) < 4.78 is 11.7. The second kappa shape index (κ2) is 14.4. The number of carbonyl (C=O) groups excluding carboxylic acids is 1. The lowest BCUT2D eigenvalue weighted by Gasteiger charge is -2.23. The van der Waals surface area contributed by atoms with Gasteiger partial charge in [-0.1, -0.05) is 39.8 Å². The van der Waals surface area contributed by atoms with E-state index in [0.717, 1.165) is 36.4 Å². The van der Waals surface area contributed by atoms with Crippen LogP contribution >= 0.6 is 0 Å². The summed E-state index contributed by atoms with van der Waals surface area (Å²) in [6.07, 6.45) is 2.17. The van der Waals surface area contributed by atoms with Gasteiger partial charge in [0.05, 0.1) is 0 Å². The molecular weight excluding hydrogens is 392 g/mol. The molecule has 0 spiro atoms. The third-order valence-electron chi connectivity index (χ3n) is 4.74. The number of nitrogens with zero attached hydrogens (tertiary/aromatic N) is 1. The summed E-state index contributed by atoms with van der Waals surface area (Å²) in [5, 5.41) is 8.86. The molecule has 172 valence electrons. The smallest absolute Gasteiger partial charge is 0.246 e. The number of hydrogen-bond donors (Lipinski definition) is 2. The van der Waals surface area contributed by atoms with Gasteiger partial charge in [-0.25, -0.2) is 5.48 Å². The molecule has 6 nitrogen and oxygen atoms in total. The van der Waals surface area contributed by atoms with Crippen LogP contribution in [0.25, 0.3) is 0 Å². The Morgan fingerprint density at radius 1 is 1.03 bits per heavy atom. The van der Waals surface area contributed by atoms with Crippen molar-refractivity contribution in [2.75, 3.05) is 27.2 Å². The van der Waals surface area contributed by atoms with Crippen molar-refractivity contribution in [1.29, 1.82) is 0 Å². The zero-order chi connectivity index (χ0) is 23.2. The zero-order valence-corrected chi connectivity index (χ0v) is 19.8. The van der Waals surface area contributed by atoms with Crippen molar-refractivity contribution >= 4 is 5.91 Å². The van der Waals surface area contributed by atoms with Crippen LogP contribution in [0.15, 0.2) is 42.5 Å². The van der Waals surface area contributed by atoms with Crippen molar-refractivity contribution in [1.82, 2.24) is 10.4 Å². The first-order valence-electron chi connectivity index (χ1n) is 11.2. The van der Waals surface area contributed by atoms with Gasteiger partial charge in [-0.3, -0.25) is 10.0 Å². The minimum absolute atomic E-state index is 0.203. The monoisotopic (exact) mass is 430 g/mol. The predicted molar refractivity (Wildman–Crippen MR) is 125 cm³/mol. The fraction of sp³-hybridized carbons (Fsp3) is 0.480. The van der Waals surface area contributed by atoms with E-state index >= 15 is 0 Å². The van der Waals surface area contributed by atoms with E-state index in [4.69, 9.17) is 14.7 Å². The van der Waals surface area contributed by atoms with Crippen molar-refractivity contribution in [2.24, 2.45) is 5.92 Å². The van der Waals surface area contributed by atoms with Gasteiger partial charge in [0, 0.05) is 18.5 Å². The van der Waals surface area contributed by atoms with Gasteiger partial charge in [-0.05, 0) is 68.8 Å². The molecule has 2 aromatic rings. The molecule has 0 aromatic heterocycles. The highest BCUT2D eigenvalue weighted by Gasteiger charge is 2.24. The third-order valence-corrected chi connectivity index (χ3v) is 4.74. The van der Waals surface area contributed by atoms with Crippen molar-refractivity contribution < 1.29 is 19.5 Å². The number of hydrogen-bond acceptors (Lipinski definition) is 5. The summed E-state index contributed by atoms with van der Waals surface area (Å²) in [5.74, 6) is 1.68. The zero-order valence-electron chi connectivity index (χ0n) is 19.8. The van der Waals surface area contributed by atoms with Gasteiger partial charge in [0.25, 0.3) is 0 Å². The van der Waals surface area contributed by atoms with Crippen LogP contribution in [0.3, 0.4) is 0 Å². The molecule has 1 unspecified atom stereocenters. The fourth-order valence-corrected chi connectivity index (χ4v) is 3.22. The topological polar surface area (TPSA) is 71.0 Å². The van der Waals surface area contributed by atoms with Gasteiger partial charge >= 0.3 is 0 Å². The lowest BCUT2D eigenvalue weighted by molar-refractivity contribution is -0.133. The van der Waals surface area contributed by atoms with Crippen molar-refractivity contribution in [3.8, 4) is 17.2 Å². The number of ether oxygens (including phenoxy) is 2. The fourth-order valence-electron chi connectivity index (χ4n) is 3.22. The first kappa shape index (κ1) is 26.5. The number of fused-ring (bicyclic) bond motifs is 1. The van der Waals surface area contributed by atoms with Crippen molar-refractivity contribution in [3.05, 3.63) is 53.6 Å². The third kappa shape index (κ3) is 8.59. The Kier molecular flexibility index (Phi) is 12.3. The SMILES string of the molecule is CC.CC.CN(C)CCOc1cccc(Oc2ccc3c(c2)CC(C(=O)NO)CC3)c1. The Labute approximate surface area is 187 Å². The minimum Gasteiger partial charge on any atom is -0.492 e. The highest BCUT2D eigenvalue weighted by atomic mass is 16.5. The molecule has 0 fully saturated rings. The van der Waals surface area contributed by atoms with Crippen LogP contribution in [0.2, 0.25) is 0 Å². The molecule has 1 aliphatic rings. The predicted octanol–water partition coefficient (Wildman–Crippen LogP) is 5.08. The summed E-state index contributed by atoms with van der Waals surface area (Å²) in [7, 11) is 4.02. The second-order valence-electron chi connectivity index (χ2n) is 7.07. The van der Waals surface area contributed by atoms with Gasteiger partial charge in [0.1, 0.15) is 23.9 Å². The average molecular weight is 431 g/mol. The number of nitrogens with one attached hydrogen (secondary N) is 1. The Morgan fingerprint density at radius 3 is 2.39 bits per heavy atom. The summed E-state index contributed by atoms with van der Waals surface area (Å²) >= 11 is 0. The van der Waals surface area contributed by atoms with Crippen LogP contribution < -0.4 is 15.0 Å². The molecule has 6 heteroatoms. The molecule has 1 amide bonds. The van der Waals surface area contributed by atoms with Crippen molar-refractivity contribution in [2.45, 2.75) is 47.0 Å². The molecule has 0 aliphatic heterocycles. The number of benzene rings is 2. The van der Waals surface area contributed by atoms with Crippen molar-refractivity contribution in [3.63, 3.8) is 0 Å². The van der Waals surface area contributed by atoms with Crippen LogP contribution in [-0.4, -0.2) is 43.3 Å². The Hall–Kier alpha value is -2.57. The highest BCUT2D eigenvalue weighted by Crippen LogP contribution is 2.31. The number of amides is 1. The van der Waals surface area contributed by atoms with E-state index in [-0.39, 0.29) is 11.8 Å². The Bertz CT molecular complexity index is 793. The van der Waals surface area contributed by atoms with Gasteiger partial charge in [0.15, 0.2) is 0 Å². The number of likely N-dealkylation sites (N-methyl/N-ethyl adjacent to an activating group) is 1. The van der Waals surface area contributed by atoms with E-state index in [1.165, 1.54) is 5.56 Å². The van der Waals surface area contributed by atoms with Crippen LogP contribution in [0, 0.1) is 5.92 Å². The largest absolute Gasteiger partial charge is 0.492 e. The van der Waals surface area contributed by atoms with Gasteiger partial charge in [0.2, 0.25) is 5.91 Å². The normalized spacial score (nSPS) is 14.3. The van der Waals surface area contributed by atoms with E-state index in [2.05, 4.69) is 11.0 Å². The van der Waals surface area contributed by atoms with Crippen LogP contribution in [0.1, 0.15) is 45.2 Å². The number of hydroxylamine groups is 1. The summed E-state index contributed by atoms with van der Waals surface area (Å²) in [6, 6.07) is 13.6. The molecule has 0 saturated heterocycles. The van der Waals surface area contributed by atoms with Crippen LogP contribution in [-0.2, 0) is 17.6 Å². The highest BCUT2D eigenvalue weighted by molar-refractivity contribution is 5.78. The number of carbonyl (C=O) groups is 1. The maximum absolute atomic E-state index is 11.7. The average Bonchev–Trinajstić information content (AvgIpc) is 2.81. The molecular formula is C25H38N2O4. The first-order chi connectivity index (χ1) is 15.0. The quantitative estimate of drug-likeness (QED) is 0.473. The summed E-state index contributed by atoms with van der Waals surface area (Å²) in [4.78, 5) is 13.8.